The van der Waals surface area contributed by atoms with Crippen molar-refractivity contribution in [2.45, 2.75) is 0 Å². The monoisotopic (exact) mass is 447 g/mol. The zero-order chi connectivity index (χ0) is 23.6. The van der Waals surface area contributed by atoms with E-state index in [0.717, 1.165) is 6.07 Å². The molecule has 2 aromatic carbocycles. The number of nitrogens with zero attached hydrogens (tertiary/aromatic N) is 1. The fourth-order valence-corrected chi connectivity index (χ4v) is 2.81. The summed E-state index contributed by atoms with van der Waals surface area (Å²) in [5.74, 6) is -0.514. The van der Waals surface area contributed by atoms with Gasteiger partial charge in [0.25, 0.3) is 5.91 Å². The molecule has 0 saturated carbocycles. The van der Waals surface area contributed by atoms with Gasteiger partial charge in [0.05, 0.1) is 18.5 Å². The highest BCUT2D eigenvalue weighted by atomic mass is 19.1. The number of benzene rings is 2. The maximum Gasteiger partial charge on any atom is 0.274 e. The van der Waals surface area contributed by atoms with E-state index in [1.165, 1.54) is 31.5 Å². The molecular weight excluding hydrogens is 425 g/mol. The van der Waals surface area contributed by atoms with Gasteiger partial charge in [-0.15, -0.1) is 0 Å². The maximum absolute atomic E-state index is 13.8. The van der Waals surface area contributed by atoms with Crippen molar-refractivity contribution in [3.63, 3.8) is 0 Å². The molecule has 3 aromatic rings. The molecule has 168 valence electrons. The van der Waals surface area contributed by atoms with E-state index in [9.17, 15) is 14.0 Å². The minimum absolute atomic E-state index is 0.111. The average Bonchev–Trinajstić information content (AvgIpc) is 2.83. The SMILES string of the molecule is C=CCOc1ccc(/C=C/C(=O)Nc2cc(F)ccc2NC(=O)c2ccccn2)cc1OC. The van der Waals surface area contributed by atoms with Gasteiger partial charge in [0, 0.05) is 12.3 Å². The predicted molar refractivity (Wildman–Crippen MR) is 125 cm³/mol. The van der Waals surface area contributed by atoms with Crippen LogP contribution in [0.15, 0.2) is 79.5 Å². The number of ether oxygens (including phenoxy) is 2. The molecule has 0 saturated heterocycles. The highest BCUT2D eigenvalue weighted by molar-refractivity contribution is 6.08. The lowest BCUT2D eigenvalue weighted by atomic mass is 10.2. The molecule has 0 atom stereocenters. The second-order valence-corrected chi connectivity index (χ2v) is 6.69. The van der Waals surface area contributed by atoms with E-state index in [1.54, 1.807) is 48.6 Å². The largest absolute Gasteiger partial charge is 0.493 e. The van der Waals surface area contributed by atoms with Gasteiger partial charge in [-0.3, -0.25) is 14.6 Å². The molecule has 1 heterocycles. The van der Waals surface area contributed by atoms with Crippen LogP contribution >= 0.6 is 0 Å². The molecule has 0 spiro atoms. The van der Waals surface area contributed by atoms with Gasteiger partial charge in [0.1, 0.15) is 18.1 Å². The molecule has 2 amide bonds. The van der Waals surface area contributed by atoms with Crippen molar-refractivity contribution < 1.29 is 23.5 Å². The van der Waals surface area contributed by atoms with Crippen molar-refractivity contribution in [2.75, 3.05) is 24.4 Å². The van der Waals surface area contributed by atoms with Crippen molar-refractivity contribution in [1.82, 2.24) is 4.98 Å². The molecule has 7 nitrogen and oxygen atoms in total. The van der Waals surface area contributed by atoms with Crippen LogP contribution in [0.2, 0.25) is 0 Å². The molecule has 0 radical (unpaired) electrons. The van der Waals surface area contributed by atoms with Crippen molar-refractivity contribution in [2.24, 2.45) is 0 Å². The third-order valence-electron chi connectivity index (χ3n) is 4.36. The number of carbonyl (C=O) groups excluding carboxylic acids is 2. The van der Waals surface area contributed by atoms with Gasteiger partial charge in [0.2, 0.25) is 5.91 Å². The minimum Gasteiger partial charge on any atom is -0.493 e. The van der Waals surface area contributed by atoms with Crippen LogP contribution < -0.4 is 20.1 Å². The number of amides is 2. The van der Waals surface area contributed by atoms with Crippen molar-refractivity contribution >= 4 is 29.3 Å². The lowest BCUT2D eigenvalue weighted by Crippen LogP contribution is -2.16. The highest BCUT2D eigenvalue weighted by Crippen LogP contribution is 2.29. The molecule has 2 N–H and O–H groups in total. The number of rotatable bonds is 9. The third kappa shape index (κ3) is 6.51. The number of halogens is 1. The number of methoxy groups -OCH3 is 1. The van der Waals surface area contributed by atoms with Crippen molar-refractivity contribution in [3.8, 4) is 11.5 Å². The first-order valence-corrected chi connectivity index (χ1v) is 9.93. The Morgan fingerprint density at radius 3 is 2.64 bits per heavy atom. The van der Waals surface area contributed by atoms with Crippen molar-refractivity contribution in [3.05, 3.63) is 96.6 Å². The summed E-state index contributed by atoms with van der Waals surface area (Å²) in [6, 6.07) is 13.8. The van der Waals surface area contributed by atoms with Crippen LogP contribution in [0.4, 0.5) is 15.8 Å². The number of anilines is 2. The zero-order valence-corrected chi connectivity index (χ0v) is 17.9. The van der Waals surface area contributed by atoms with Crippen LogP contribution in [0.25, 0.3) is 6.08 Å². The number of carbonyl (C=O) groups is 2. The Bertz CT molecular complexity index is 1180. The van der Waals surface area contributed by atoms with Gasteiger partial charge in [-0.05, 0) is 54.1 Å². The summed E-state index contributed by atoms with van der Waals surface area (Å²) in [6.07, 6.45) is 5.96. The van der Waals surface area contributed by atoms with E-state index >= 15 is 0 Å². The van der Waals surface area contributed by atoms with Gasteiger partial charge >= 0.3 is 0 Å². The van der Waals surface area contributed by atoms with E-state index in [2.05, 4.69) is 22.2 Å². The van der Waals surface area contributed by atoms with Gasteiger partial charge < -0.3 is 20.1 Å². The van der Waals surface area contributed by atoms with Crippen LogP contribution in [-0.2, 0) is 4.79 Å². The quantitative estimate of drug-likeness (QED) is 0.367. The molecule has 0 aliphatic heterocycles. The van der Waals surface area contributed by atoms with E-state index < -0.39 is 17.6 Å². The number of nitrogens with one attached hydrogen (secondary N) is 2. The van der Waals surface area contributed by atoms with E-state index in [-0.39, 0.29) is 17.1 Å². The van der Waals surface area contributed by atoms with Crippen LogP contribution in [0.3, 0.4) is 0 Å². The number of pyridine rings is 1. The van der Waals surface area contributed by atoms with Gasteiger partial charge in [0.15, 0.2) is 11.5 Å². The second kappa shape index (κ2) is 11.2. The highest BCUT2D eigenvalue weighted by Gasteiger charge is 2.12. The maximum atomic E-state index is 13.8. The van der Waals surface area contributed by atoms with Crippen LogP contribution in [0.1, 0.15) is 16.1 Å². The van der Waals surface area contributed by atoms with Crippen molar-refractivity contribution in [1.29, 1.82) is 0 Å². The smallest absolute Gasteiger partial charge is 0.274 e. The Labute approximate surface area is 190 Å². The lowest BCUT2D eigenvalue weighted by molar-refractivity contribution is -0.111. The summed E-state index contributed by atoms with van der Waals surface area (Å²) < 4.78 is 24.6. The molecule has 1 aromatic heterocycles. The Hall–Kier alpha value is -4.46. The Morgan fingerprint density at radius 1 is 1.06 bits per heavy atom. The molecule has 8 heteroatoms. The molecule has 3 rings (SSSR count). The van der Waals surface area contributed by atoms with Gasteiger partial charge in [-0.1, -0.05) is 24.8 Å². The van der Waals surface area contributed by atoms with Crippen LogP contribution in [0, 0.1) is 5.82 Å². The Balaban J connectivity index is 1.72. The summed E-state index contributed by atoms with van der Waals surface area (Å²) in [7, 11) is 1.51. The van der Waals surface area contributed by atoms with Gasteiger partial charge in [-0.2, -0.15) is 0 Å². The molecule has 33 heavy (non-hydrogen) atoms. The summed E-state index contributed by atoms with van der Waals surface area (Å²) >= 11 is 0. The summed E-state index contributed by atoms with van der Waals surface area (Å²) in [5, 5.41) is 5.21. The molecule has 0 fully saturated rings. The molecular formula is C25H22FN3O4. The van der Waals surface area contributed by atoms with E-state index in [4.69, 9.17) is 9.47 Å². The second-order valence-electron chi connectivity index (χ2n) is 6.69. The Kier molecular flexibility index (Phi) is 7.91. The molecule has 0 bridgehead atoms. The molecule has 0 unspecified atom stereocenters. The first-order valence-electron chi connectivity index (χ1n) is 9.93. The first kappa shape index (κ1) is 23.2. The first-order chi connectivity index (χ1) is 16.0. The van der Waals surface area contributed by atoms with Gasteiger partial charge in [-0.25, -0.2) is 4.39 Å². The minimum atomic E-state index is -0.565. The number of hydrogen-bond donors (Lipinski definition) is 2. The third-order valence-corrected chi connectivity index (χ3v) is 4.36. The fourth-order valence-electron chi connectivity index (χ4n) is 2.81. The molecule has 0 aliphatic carbocycles. The standard InChI is InChI=1S/C25H22FN3O4/c1-3-14-33-22-11-7-17(15-23(22)32-2)8-12-24(30)28-21-16-18(26)9-10-19(21)29-25(31)20-6-4-5-13-27-20/h3-13,15-16H,1,14H2,2H3,(H,28,30)(H,29,31)/b12-8+. The lowest BCUT2D eigenvalue weighted by Gasteiger charge is -2.12. The van der Waals surface area contributed by atoms with Crippen LogP contribution in [0.5, 0.6) is 11.5 Å². The van der Waals surface area contributed by atoms with E-state index in [1.807, 2.05) is 0 Å². The number of hydrogen-bond acceptors (Lipinski definition) is 5. The summed E-state index contributed by atoms with van der Waals surface area (Å²) in [5.41, 5.74) is 1.23. The van der Waals surface area contributed by atoms with E-state index in [0.29, 0.717) is 23.7 Å². The molecule has 0 aliphatic rings. The Morgan fingerprint density at radius 2 is 1.91 bits per heavy atom. The topological polar surface area (TPSA) is 89.6 Å². The zero-order valence-electron chi connectivity index (χ0n) is 17.9. The summed E-state index contributed by atoms with van der Waals surface area (Å²) in [6.45, 7) is 3.94. The van der Waals surface area contributed by atoms with Crippen LogP contribution in [-0.4, -0.2) is 30.5 Å². The fraction of sp³-hybridized carbons (Fsp3) is 0.0800. The normalized spacial score (nSPS) is 10.5. The predicted octanol–water partition coefficient (Wildman–Crippen LogP) is 4.70. The summed E-state index contributed by atoms with van der Waals surface area (Å²) in [4.78, 5) is 28.8. The number of aromatic nitrogens is 1. The average molecular weight is 447 g/mol.